The molecule has 38 heavy (non-hydrogen) atoms. The molecular weight excluding hydrogens is 456 g/mol. The van der Waals surface area contributed by atoms with Crippen LogP contribution in [0.5, 0.6) is 0 Å². The maximum atomic E-state index is 3.33. The number of unbranched alkanes of at least 4 members (excludes halogenated alkanes) is 9. The molecule has 0 radical (unpaired) electrons. The molecule has 0 amide bonds. The Balaban J connectivity index is 1.33. The van der Waals surface area contributed by atoms with E-state index in [0.29, 0.717) is 0 Å². The van der Waals surface area contributed by atoms with Crippen LogP contribution in [0.15, 0.2) is 48.5 Å². The average Bonchev–Trinajstić information content (AvgIpc) is 2.96. The second-order valence-electron chi connectivity index (χ2n) is 11.6. The highest BCUT2D eigenvalue weighted by Gasteiger charge is 2.20. The fourth-order valence-corrected chi connectivity index (χ4v) is 5.73. The molecule has 0 aliphatic heterocycles. The van der Waals surface area contributed by atoms with E-state index in [1.807, 2.05) is 0 Å². The summed E-state index contributed by atoms with van der Waals surface area (Å²) >= 11 is 0. The van der Waals surface area contributed by atoms with Crippen LogP contribution in [0.4, 0.5) is 0 Å². The van der Waals surface area contributed by atoms with Gasteiger partial charge in [-0.25, -0.2) is 0 Å². The molecule has 0 N–H and O–H groups in total. The molecule has 0 heteroatoms. The van der Waals surface area contributed by atoms with E-state index in [9.17, 15) is 0 Å². The normalized spacial score (nSPS) is 16.8. The smallest absolute Gasteiger partial charge is 0.0249 e. The van der Waals surface area contributed by atoms with Gasteiger partial charge in [0.2, 0.25) is 0 Å². The lowest BCUT2D eigenvalue weighted by molar-refractivity contribution is 0.248. The summed E-state index contributed by atoms with van der Waals surface area (Å²) in [5, 5.41) is 0. The Hall–Kier alpha value is -2.44. The van der Waals surface area contributed by atoms with E-state index >= 15 is 0 Å². The SMILES string of the molecule is CCCCCCC#Cc1ccc(C#Cc2ccc(CC[C@H]3CC[C@H](CCCCCCCC)CC3)cc2)cc1. The summed E-state index contributed by atoms with van der Waals surface area (Å²) in [4.78, 5) is 0. The Morgan fingerprint density at radius 2 is 1.00 bits per heavy atom. The van der Waals surface area contributed by atoms with Gasteiger partial charge in [0.15, 0.2) is 0 Å². The molecule has 1 fully saturated rings. The lowest BCUT2D eigenvalue weighted by Crippen LogP contribution is -2.15. The van der Waals surface area contributed by atoms with Crippen molar-refractivity contribution in [1.82, 2.24) is 0 Å². The summed E-state index contributed by atoms with van der Waals surface area (Å²) in [7, 11) is 0. The van der Waals surface area contributed by atoms with E-state index in [1.54, 1.807) is 0 Å². The van der Waals surface area contributed by atoms with Crippen LogP contribution in [0.25, 0.3) is 0 Å². The molecule has 1 aliphatic rings. The third-order valence-electron chi connectivity index (χ3n) is 8.35. The zero-order valence-electron chi connectivity index (χ0n) is 24.5. The maximum Gasteiger partial charge on any atom is 0.0249 e. The topological polar surface area (TPSA) is 0 Å². The van der Waals surface area contributed by atoms with Crippen LogP contribution in [0.1, 0.15) is 145 Å². The van der Waals surface area contributed by atoms with E-state index in [-0.39, 0.29) is 0 Å². The molecule has 204 valence electrons. The Morgan fingerprint density at radius 1 is 0.526 bits per heavy atom. The zero-order valence-corrected chi connectivity index (χ0v) is 24.5. The number of hydrogen-bond acceptors (Lipinski definition) is 0. The zero-order chi connectivity index (χ0) is 26.7. The fourth-order valence-electron chi connectivity index (χ4n) is 5.73. The Kier molecular flexibility index (Phi) is 14.9. The number of hydrogen-bond donors (Lipinski definition) is 0. The van der Waals surface area contributed by atoms with Gasteiger partial charge < -0.3 is 0 Å². The first-order chi connectivity index (χ1) is 18.8. The summed E-state index contributed by atoms with van der Waals surface area (Å²) in [6.07, 6.45) is 24.6. The molecule has 0 aromatic heterocycles. The van der Waals surface area contributed by atoms with Gasteiger partial charge >= 0.3 is 0 Å². The second-order valence-corrected chi connectivity index (χ2v) is 11.6. The molecule has 0 heterocycles. The van der Waals surface area contributed by atoms with Crippen LogP contribution in [0.2, 0.25) is 0 Å². The van der Waals surface area contributed by atoms with E-state index < -0.39 is 0 Å². The molecule has 0 unspecified atom stereocenters. The molecule has 1 saturated carbocycles. The van der Waals surface area contributed by atoms with E-state index in [4.69, 9.17) is 0 Å². The lowest BCUT2D eigenvalue weighted by atomic mass is 9.77. The second kappa shape index (κ2) is 18.8. The molecule has 0 atom stereocenters. The van der Waals surface area contributed by atoms with Gasteiger partial charge in [0.1, 0.15) is 0 Å². The van der Waals surface area contributed by atoms with Crippen molar-refractivity contribution in [3.8, 4) is 23.7 Å². The molecular formula is C38H52. The average molecular weight is 509 g/mol. The molecule has 2 aromatic carbocycles. The number of aryl methyl sites for hydroxylation is 1. The largest absolute Gasteiger partial charge is 0.0979 e. The van der Waals surface area contributed by atoms with Crippen LogP contribution >= 0.6 is 0 Å². The van der Waals surface area contributed by atoms with Crippen molar-refractivity contribution >= 4 is 0 Å². The molecule has 3 rings (SSSR count). The standard InChI is InChI=1S/C38H52/c1-3-5-7-9-11-13-15-33-17-21-35(22-18-33)25-27-37-29-31-38(32-30-37)28-26-36-23-19-34(20-24-36)16-14-12-10-8-6-4-2/h19-20,23-24,29-33,35H,3-13,15,17-18,21-22,25,27H2,1-2H3/t33-,35-. The Labute approximate surface area is 235 Å². The molecule has 0 bridgehead atoms. The molecule has 0 nitrogen and oxygen atoms in total. The van der Waals surface area contributed by atoms with Crippen LogP contribution in [-0.2, 0) is 6.42 Å². The Morgan fingerprint density at radius 3 is 1.61 bits per heavy atom. The van der Waals surface area contributed by atoms with Crippen molar-refractivity contribution in [2.75, 3.05) is 0 Å². The van der Waals surface area contributed by atoms with Crippen molar-refractivity contribution in [3.63, 3.8) is 0 Å². The summed E-state index contributed by atoms with van der Waals surface area (Å²) in [5.41, 5.74) is 4.69. The van der Waals surface area contributed by atoms with Crippen molar-refractivity contribution in [2.45, 2.75) is 129 Å². The third kappa shape index (κ3) is 12.4. The highest BCUT2D eigenvalue weighted by atomic mass is 14.3. The first-order valence-electron chi connectivity index (χ1n) is 16.0. The van der Waals surface area contributed by atoms with Crippen LogP contribution in [0.3, 0.4) is 0 Å². The summed E-state index contributed by atoms with van der Waals surface area (Å²) in [6.45, 7) is 4.55. The van der Waals surface area contributed by atoms with Crippen molar-refractivity contribution in [2.24, 2.45) is 11.8 Å². The van der Waals surface area contributed by atoms with Crippen molar-refractivity contribution in [1.29, 1.82) is 0 Å². The quantitative estimate of drug-likeness (QED) is 0.176. The maximum absolute atomic E-state index is 3.33. The van der Waals surface area contributed by atoms with E-state index in [1.165, 1.54) is 115 Å². The number of benzene rings is 2. The summed E-state index contributed by atoms with van der Waals surface area (Å²) in [6, 6.07) is 17.3. The predicted molar refractivity (Wildman–Crippen MR) is 166 cm³/mol. The minimum absolute atomic E-state index is 0.934. The minimum atomic E-state index is 0.934. The molecule has 2 aromatic rings. The monoisotopic (exact) mass is 508 g/mol. The van der Waals surface area contributed by atoms with Crippen LogP contribution in [-0.4, -0.2) is 0 Å². The lowest BCUT2D eigenvalue weighted by Gasteiger charge is -2.28. The van der Waals surface area contributed by atoms with Gasteiger partial charge in [-0.3, -0.25) is 0 Å². The third-order valence-corrected chi connectivity index (χ3v) is 8.35. The van der Waals surface area contributed by atoms with Gasteiger partial charge in [-0.1, -0.05) is 140 Å². The Bertz CT molecular complexity index is 994. The minimum Gasteiger partial charge on any atom is -0.0979 e. The highest BCUT2D eigenvalue weighted by molar-refractivity contribution is 5.46. The predicted octanol–water partition coefficient (Wildman–Crippen LogP) is 10.9. The highest BCUT2D eigenvalue weighted by Crippen LogP contribution is 2.34. The molecule has 1 aliphatic carbocycles. The first-order valence-corrected chi connectivity index (χ1v) is 16.0. The van der Waals surface area contributed by atoms with Crippen molar-refractivity contribution in [3.05, 3.63) is 70.8 Å². The van der Waals surface area contributed by atoms with Gasteiger partial charge in [-0.15, -0.1) is 0 Å². The van der Waals surface area contributed by atoms with Gasteiger partial charge in [-0.2, -0.15) is 0 Å². The van der Waals surface area contributed by atoms with Gasteiger partial charge in [0, 0.05) is 23.1 Å². The summed E-state index contributed by atoms with van der Waals surface area (Å²) in [5.74, 6) is 15.2. The fraction of sp³-hybridized carbons (Fsp3) is 0.579. The van der Waals surface area contributed by atoms with E-state index in [2.05, 4.69) is 86.1 Å². The van der Waals surface area contributed by atoms with Crippen LogP contribution < -0.4 is 0 Å². The van der Waals surface area contributed by atoms with Gasteiger partial charge in [0.05, 0.1) is 0 Å². The van der Waals surface area contributed by atoms with Crippen LogP contribution in [0, 0.1) is 35.5 Å². The summed E-state index contributed by atoms with van der Waals surface area (Å²) < 4.78 is 0. The van der Waals surface area contributed by atoms with Crippen molar-refractivity contribution < 1.29 is 0 Å². The van der Waals surface area contributed by atoms with Gasteiger partial charge in [-0.05, 0) is 73.1 Å². The van der Waals surface area contributed by atoms with E-state index in [0.717, 1.165) is 34.9 Å². The number of rotatable bonds is 14. The molecule has 0 spiro atoms. The van der Waals surface area contributed by atoms with Gasteiger partial charge in [0.25, 0.3) is 0 Å². The molecule has 0 saturated heterocycles. The first kappa shape index (κ1) is 30.1.